The molecule has 4 aliphatic rings. The summed E-state index contributed by atoms with van der Waals surface area (Å²) in [5, 5.41) is 13.1. The van der Waals surface area contributed by atoms with E-state index >= 15 is 0 Å². The average Bonchev–Trinajstić information content (AvgIpc) is 2.41. The third-order valence-corrected chi connectivity index (χ3v) is 8.11. The number of nitrogens with zero attached hydrogens (tertiary/aromatic N) is 1. The first-order valence-corrected chi connectivity index (χ1v) is 11.0. The first-order chi connectivity index (χ1) is 11.2. The molecule has 0 amide bonds. The summed E-state index contributed by atoms with van der Waals surface area (Å²) in [6, 6.07) is 0. The van der Waals surface area contributed by atoms with E-state index in [0.717, 1.165) is 17.8 Å². The van der Waals surface area contributed by atoms with Crippen molar-refractivity contribution in [2.24, 2.45) is 28.3 Å². The highest BCUT2D eigenvalue weighted by Crippen LogP contribution is 2.64. The van der Waals surface area contributed by atoms with E-state index in [9.17, 15) is 9.77 Å². The monoisotopic (exact) mass is 357 g/mol. The van der Waals surface area contributed by atoms with Crippen LogP contribution in [0, 0.1) is 23.2 Å². The van der Waals surface area contributed by atoms with Gasteiger partial charge in [-0.3, -0.25) is 4.57 Å². The standard InChI is InChI=1S/C18H32NO4P/c1-12(2)22-24(21,23-13(3)4)17(19-20)11-18-8-14-5-15(9-18)7-16(6-14)10-18/h12-16,20H,5-11H2,1-4H3/b19-17+. The van der Waals surface area contributed by atoms with Crippen molar-refractivity contribution < 1.29 is 18.8 Å². The zero-order valence-electron chi connectivity index (χ0n) is 15.4. The summed E-state index contributed by atoms with van der Waals surface area (Å²) in [7, 11) is -3.56. The summed E-state index contributed by atoms with van der Waals surface area (Å²) >= 11 is 0. The molecule has 4 saturated carbocycles. The zero-order chi connectivity index (χ0) is 17.5. The SMILES string of the molecule is CC(C)OP(=O)(OC(C)C)/C(CC12CC3CC(CC(C3)C1)C2)=N/O. The Morgan fingerprint density at radius 1 is 1.04 bits per heavy atom. The number of hydrogen-bond acceptors (Lipinski definition) is 5. The molecule has 0 heterocycles. The van der Waals surface area contributed by atoms with Crippen LogP contribution in [-0.2, 0) is 13.6 Å². The van der Waals surface area contributed by atoms with Crippen LogP contribution in [0.2, 0.25) is 0 Å². The van der Waals surface area contributed by atoms with E-state index in [2.05, 4.69) is 5.16 Å². The van der Waals surface area contributed by atoms with Gasteiger partial charge in [0, 0.05) is 6.42 Å². The van der Waals surface area contributed by atoms with Gasteiger partial charge < -0.3 is 14.3 Å². The Morgan fingerprint density at radius 3 is 1.79 bits per heavy atom. The maximum Gasteiger partial charge on any atom is 0.379 e. The van der Waals surface area contributed by atoms with Crippen LogP contribution in [0.3, 0.4) is 0 Å². The minimum absolute atomic E-state index is 0.132. The molecule has 4 rings (SSSR count). The minimum Gasteiger partial charge on any atom is -0.410 e. The Labute approximate surface area is 145 Å². The van der Waals surface area contributed by atoms with Crippen molar-refractivity contribution in [3.8, 4) is 0 Å². The van der Waals surface area contributed by atoms with Gasteiger partial charge in [0.2, 0.25) is 0 Å². The lowest BCUT2D eigenvalue weighted by atomic mass is 9.49. The summed E-state index contributed by atoms with van der Waals surface area (Å²) in [6.07, 6.45) is 7.62. The number of oxime groups is 1. The fourth-order valence-corrected chi connectivity index (χ4v) is 7.77. The second kappa shape index (κ2) is 6.74. The lowest BCUT2D eigenvalue weighted by Crippen LogP contribution is -2.47. The maximum absolute atomic E-state index is 13.4. The molecule has 0 aromatic heterocycles. The highest BCUT2D eigenvalue weighted by Gasteiger charge is 2.53. The van der Waals surface area contributed by atoms with E-state index in [4.69, 9.17) is 9.05 Å². The Morgan fingerprint density at radius 2 is 1.46 bits per heavy atom. The summed E-state index contributed by atoms with van der Waals surface area (Å²) in [4.78, 5) is 0. The number of rotatable bonds is 7. The van der Waals surface area contributed by atoms with Crippen molar-refractivity contribution >= 4 is 13.0 Å². The largest absolute Gasteiger partial charge is 0.410 e. The average molecular weight is 357 g/mol. The Balaban J connectivity index is 1.81. The highest BCUT2D eigenvalue weighted by molar-refractivity contribution is 7.72. The lowest BCUT2D eigenvalue weighted by molar-refractivity contribution is -0.0483. The molecule has 1 N–H and O–H groups in total. The van der Waals surface area contributed by atoms with E-state index in [-0.39, 0.29) is 23.1 Å². The van der Waals surface area contributed by atoms with Crippen molar-refractivity contribution in [1.82, 2.24) is 0 Å². The van der Waals surface area contributed by atoms with E-state index in [0.29, 0.717) is 6.42 Å². The Bertz CT molecular complexity index is 494. The molecule has 0 aliphatic heterocycles. The van der Waals surface area contributed by atoms with E-state index in [1.165, 1.54) is 38.5 Å². The van der Waals surface area contributed by atoms with Crippen LogP contribution in [0.25, 0.3) is 0 Å². The second-order valence-electron chi connectivity index (χ2n) is 8.92. The van der Waals surface area contributed by atoms with Crippen molar-refractivity contribution in [3.05, 3.63) is 0 Å². The van der Waals surface area contributed by atoms with Gasteiger partial charge in [0.25, 0.3) is 0 Å². The summed E-state index contributed by atoms with van der Waals surface area (Å²) in [5.74, 6) is 2.40. The molecule has 4 bridgehead atoms. The molecule has 0 unspecified atom stereocenters. The van der Waals surface area contributed by atoms with Crippen molar-refractivity contribution in [2.75, 3.05) is 0 Å². The highest BCUT2D eigenvalue weighted by atomic mass is 31.2. The smallest absolute Gasteiger partial charge is 0.379 e. The Kier molecular flexibility index (Phi) is 5.17. The van der Waals surface area contributed by atoms with Crippen LogP contribution < -0.4 is 0 Å². The predicted molar refractivity (Wildman–Crippen MR) is 94.5 cm³/mol. The van der Waals surface area contributed by atoms with Gasteiger partial charge in [-0.05, 0) is 89.4 Å². The Hall–Kier alpha value is -0.380. The van der Waals surface area contributed by atoms with E-state index in [1.807, 2.05) is 27.7 Å². The molecule has 0 aromatic rings. The molecule has 5 nitrogen and oxygen atoms in total. The van der Waals surface area contributed by atoms with Crippen LogP contribution in [-0.4, -0.2) is 22.9 Å². The fourth-order valence-electron chi connectivity index (χ4n) is 5.73. The van der Waals surface area contributed by atoms with Gasteiger partial charge in [0.05, 0.1) is 12.2 Å². The number of hydrogen-bond donors (Lipinski definition) is 1. The van der Waals surface area contributed by atoms with Gasteiger partial charge in [0.15, 0.2) is 5.45 Å². The first kappa shape index (κ1) is 18.4. The molecule has 4 aliphatic carbocycles. The summed E-state index contributed by atoms with van der Waals surface area (Å²) < 4.78 is 24.7. The maximum atomic E-state index is 13.4. The van der Waals surface area contributed by atoms with Crippen LogP contribution in [0.15, 0.2) is 5.16 Å². The molecule has 0 spiro atoms. The van der Waals surface area contributed by atoms with Crippen LogP contribution in [0.4, 0.5) is 0 Å². The van der Waals surface area contributed by atoms with E-state index in [1.54, 1.807) is 0 Å². The molecule has 6 heteroatoms. The van der Waals surface area contributed by atoms with Gasteiger partial charge in [-0.2, -0.15) is 0 Å². The molecular weight excluding hydrogens is 325 g/mol. The van der Waals surface area contributed by atoms with Gasteiger partial charge in [-0.1, -0.05) is 5.16 Å². The zero-order valence-corrected chi connectivity index (χ0v) is 16.3. The molecule has 0 radical (unpaired) electrons. The third-order valence-electron chi connectivity index (χ3n) is 5.83. The van der Waals surface area contributed by atoms with Gasteiger partial charge in [-0.15, -0.1) is 0 Å². The van der Waals surface area contributed by atoms with Crippen molar-refractivity contribution in [1.29, 1.82) is 0 Å². The summed E-state index contributed by atoms with van der Waals surface area (Å²) in [5.41, 5.74) is 0.360. The van der Waals surface area contributed by atoms with Gasteiger partial charge in [-0.25, -0.2) is 0 Å². The molecule has 24 heavy (non-hydrogen) atoms. The topological polar surface area (TPSA) is 68.1 Å². The van der Waals surface area contributed by atoms with Crippen LogP contribution >= 0.6 is 7.60 Å². The summed E-state index contributed by atoms with van der Waals surface area (Å²) in [6.45, 7) is 7.32. The van der Waals surface area contributed by atoms with Crippen molar-refractivity contribution in [2.45, 2.75) is 84.8 Å². The molecule has 4 fully saturated rings. The molecular formula is C18H32NO4P. The fraction of sp³-hybridized carbons (Fsp3) is 0.944. The minimum atomic E-state index is -3.56. The normalized spacial score (nSPS) is 36.1. The van der Waals surface area contributed by atoms with Gasteiger partial charge >= 0.3 is 7.60 Å². The second-order valence-corrected chi connectivity index (χ2v) is 10.8. The van der Waals surface area contributed by atoms with Crippen molar-refractivity contribution in [3.63, 3.8) is 0 Å². The lowest BCUT2D eigenvalue weighted by Gasteiger charge is -2.57. The van der Waals surface area contributed by atoms with Crippen LogP contribution in [0.5, 0.6) is 0 Å². The quantitative estimate of drug-likeness (QED) is 0.286. The molecule has 138 valence electrons. The molecule has 0 saturated heterocycles. The third kappa shape index (κ3) is 3.73. The molecule has 0 aromatic carbocycles. The first-order valence-electron chi connectivity index (χ1n) is 9.42. The predicted octanol–water partition coefficient (Wildman–Crippen LogP) is 5.42. The van der Waals surface area contributed by atoms with E-state index < -0.39 is 7.60 Å². The van der Waals surface area contributed by atoms with Crippen LogP contribution in [0.1, 0.15) is 72.6 Å². The van der Waals surface area contributed by atoms with Gasteiger partial charge in [0.1, 0.15) is 0 Å². The molecule has 0 atom stereocenters.